The molecule has 0 spiro atoms. The van der Waals surface area contributed by atoms with E-state index in [4.69, 9.17) is 0 Å². The average Bonchev–Trinajstić information content (AvgIpc) is 2.63. The molecule has 0 amide bonds. The summed E-state index contributed by atoms with van der Waals surface area (Å²) in [6.45, 7) is 7.70. The lowest BCUT2D eigenvalue weighted by atomic mass is 10.1. The van der Waals surface area contributed by atoms with Gasteiger partial charge in [-0.05, 0) is 59.3 Å². The first-order valence-electron chi connectivity index (χ1n) is 7.12. The number of rotatable bonds is 4. The quantitative estimate of drug-likeness (QED) is 0.923. The molecule has 2 rings (SSSR count). The molecule has 1 aromatic heterocycles. The molecule has 1 unspecified atom stereocenters. The highest BCUT2D eigenvalue weighted by Gasteiger charge is 2.18. The van der Waals surface area contributed by atoms with Crippen molar-refractivity contribution in [2.75, 3.05) is 20.1 Å². The number of hydrogen-bond donors (Lipinski definition) is 1. The fourth-order valence-corrected chi connectivity index (χ4v) is 2.76. The van der Waals surface area contributed by atoms with Crippen LogP contribution < -0.4 is 5.32 Å². The highest BCUT2D eigenvalue weighted by Crippen LogP contribution is 2.16. The molecule has 5 heteroatoms. The summed E-state index contributed by atoms with van der Waals surface area (Å²) in [7, 11) is 2.24. The van der Waals surface area contributed by atoms with E-state index >= 15 is 0 Å². The first-order chi connectivity index (χ1) is 8.68. The van der Waals surface area contributed by atoms with Gasteiger partial charge in [0.05, 0.1) is 5.69 Å². The Bertz CT molecular complexity index is 356. The zero-order valence-electron chi connectivity index (χ0n) is 12.3. The molecule has 1 N–H and O–H groups in total. The van der Waals surface area contributed by atoms with Crippen LogP contribution in [0.25, 0.3) is 0 Å². The Labute approximate surface area is 123 Å². The summed E-state index contributed by atoms with van der Waals surface area (Å²) >= 11 is 0. The third-order valence-corrected chi connectivity index (χ3v) is 3.82. The van der Waals surface area contributed by atoms with E-state index in [1.807, 2.05) is 6.20 Å². The molecular weight excluding hydrogens is 260 g/mol. The van der Waals surface area contributed by atoms with Crippen LogP contribution >= 0.6 is 12.4 Å². The fourth-order valence-electron chi connectivity index (χ4n) is 2.76. The molecule has 0 aromatic carbocycles. The van der Waals surface area contributed by atoms with Gasteiger partial charge in [-0.3, -0.25) is 9.58 Å². The highest BCUT2D eigenvalue weighted by molar-refractivity contribution is 5.85. The fraction of sp³-hybridized carbons (Fsp3) is 0.786. The Morgan fingerprint density at radius 3 is 2.95 bits per heavy atom. The van der Waals surface area contributed by atoms with Gasteiger partial charge in [0.15, 0.2) is 0 Å². The predicted octanol–water partition coefficient (Wildman–Crippen LogP) is 2.46. The van der Waals surface area contributed by atoms with Crippen molar-refractivity contribution in [3.05, 3.63) is 18.0 Å². The Kier molecular flexibility index (Phi) is 6.83. The van der Waals surface area contributed by atoms with E-state index in [1.54, 1.807) is 0 Å². The van der Waals surface area contributed by atoms with Gasteiger partial charge in [0.2, 0.25) is 0 Å². The second-order valence-electron chi connectivity index (χ2n) is 5.61. The van der Waals surface area contributed by atoms with Gasteiger partial charge in [0.25, 0.3) is 0 Å². The molecular formula is C14H27ClN4. The monoisotopic (exact) mass is 286 g/mol. The molecule has 0 radical (unpaired) electrons. The second-order valence-corrected chi connectivity index (χ2v) is 5.61. The lowest BCUT2D eigenvalue weighted by Gasteiger charge is -2.27. The minimum absolute atomic E-state index is 0. The summed E-state index contributed by atoms with van der Waals surface area (Å²) in [5.41, 5.74) is 1.32. The normalized spacial score (nSPS) is 20.4. The first kappa shape index (κ1) is 16.5. The Morgan fingerprint density at radius 1 is 1.42 bits per heavy atom. The summed E-state index contributed by atoms with van der Waals surface area (Å²) in [4.78, 5) is 2.49. The standard InChI is InChI=1S/C14H26N4.ClH/c1-12(2)18-14(7-10-16-18)11-17(3)13-5-4-8-15-9-6-13;/h7,10,12-13,15H,4-6,8-9,11H2,1-3H3;1H. The summed E-state index contributed by atoms with van der Waals surface area (Å²) in [6.07, 6.45) is 5.77. The molecule has 1 aliphatic heterocycles. The van der Waals surface area contributed by atoms with Crippen molar-refractivity contribution < 1.29 is 0 Å². The third-order valence-electron chi connectivity index (χ3n) is 3.82. The average molecular weight is 287 g/mol. The highest BCUT2D eigenvalue weighted by atomic mass is 35.5. The van der Waals surface area contributed by atoms with Crippen LogP contribution in [0.1, 0.15) is 44.8 Å². The van der Waals surface area contributed by atoms with E-state index < -0.39 is 0 Å². The zero-order chi connectivity index (χ0) is 13.0. The molecule has 1 aromatic rings. The van der Waals surface area contributed by atoms with E-state index in [-0.39, 0.29) is 12.4 Å². The predicted molar refractivity (Wildman–Crippen MR) is 81.8 cm³/mol. The van der Waals surface area contributed by atoms with E-state index in [0.717, 1.165) is 13.1 Å². The lowest BCUT2D eigenvalue weighted by Crippen LogP contribution is -2.32. The van der Waals surface area contributed by atoms with Gasteiger partial charge in [-0.25, -0.2) is 0 Å². The molecule has 1 saturated heterocycles. The molecule has 1 atom stereocenters. The Morgan fingerprint density at radius 2 is 2.21 bits per heavy atom. The van der Waals surface area contributed by atoms with Gasteiger partial charge in [0, 0.05) is 24.8 Å². The molecule has 0 saturated carbocycles. The topological polar surface area (TPSA) is 33.1 Å². The molecule has 2 heterocycles. The van der Waals surface area contributed by atoms with Crippen molar-refractivity contribution in [3.8, 4) is 0 Å². The number of nitrogens with zero attached hydrogens (tertiary/aromatic N) is 3. The van der Waals surface area contributed by atoms with Crippen LogP contribution in [-0.4, -0.2) is 40.9 Å². The zero-order valence-corrected chi connectivity index (χ0v) is 13.1. The van der Waals surface area contributed by atoms with Crippen LogP contribution in [0, 0.1) is 0 Å². The number of aromatic nitrogens is 2. The van der Waals surface area contributed by atoms with Crippen molar-refractivity contribution in [2.45, 2.75) is 51.7 Å². The maximum atomic E-state index is 4.41. The van der Waals surface area contributed by atoms with Crippen molar-refractivity contribution in [1.29, 1.82) is 0 Å². The largest absolute Gasteiger partial charge is 0.317 e. The molecule has 1 fully saturated rings. The summed E-state index contributed by atoms with van der Waals surface area (Å²) in [6, 6.07) is 3.29. The Hall–Kier alpha value is -0.580. The second kappa shape index (κ2) is 7.88. The van der Waals surface area contributed by atoms with Crippen molar-refractivity contribution in [1.82, 2.24) is 20.0 Å². The van der Waals surface area contributed by atoms with Crippen molar-refractivity contribution in [2.24, 2.45) is 0 Å². The molecule has 110 valence electrons. The van der Waals surface area contributed by atoms with Gasteiger partial charge < -0.3 is 5.32 Å². The molecule has 4 nitrogen and oxygen atoms in total. The van der Waals surface area contributed by atoms with Crippen molar-refractivity contribution >= 4 is 12.4 Å². The number of hydrogen-bond acceptors (Lipinski definition) is 3. The SMILES string of the molecule is CC(C)n1nccc1CN(C)C1CCCNCC1.Cl. The van der Waals surface area contributed by atoms with Crippen LogP contribution in [0.4, 0.5) is 0 Å². The van der Waals surface area contributed by atoms with E-state index in [0.29, 0.717) is 12.1 Å². The lowest BCUT2D eigenvalue weighted by molar-refractivity contribution is 0.209. The van der Waals surface area contributed by atoms with Gasteiger partial charge in [-0.1, -0.05) is 0 Å². The van der Waals surface area contributed by atoms with Crippen LogP contribution in [0.15, 0.2) is 12.3 Å². The van der Waals surface area contributed by atoms with Crippen LogP contribution in [0.2, 0.25) is 0 Å². The maximum absolute atomic E-state index is 4.41. The first-order valence-corrected chi connectivity index (χ1v) is 7.12. The van der Waals surface area contributed by atoms with Gasteiger partial charge >= 0.3 is 0 Å². The molecule has 1 aliphatic rings. The minimum Gasteiger partial charge on any atom is -0.317 e. The molecule has 19 heavy (non-hydrogen) atoms. The van der Waals surface area contributed by atoms with Crippen LogP contribution in [0.5, 0.6) is 0 Å². The van der Waals surface area contributed by atoms with Gasteiger partial charge in [0.1, 0.15) is 0 Å². The van der Waals surface area contributed by atoms with Crippen LogP contribution in [-0.2, 0) is 6.54 Å². The van der Waals surface area contributed by atoms with Crippen LogP contribution in [0.3, 0.4) is 0 Å². The maximum Gasteiger partial charge on any atom is 0.0527 e. The van der Waals surface area contributed by atoms with Crippen molar-refractivity contribution in [3.63, 3.8) is 0 Å². The molecule has 0 aliphatic carbocycles. The van der Waals surface area contributed by atoms with E-state index in [1.165, 1.54) is 31.5 Å². The summed E-state index contributed by atoms with van der Waals surface area (Å²) < 4.78 is 2.13. The van der Waals surface area contributed by atoms with Gasteiger partial charge in [-0.2, -0.15) is 5.10 Å². The van der Waals surface area contributed by atoms with E-state index in [2.05, 4.69) is 47.0 Å². The van der Waals surface area contributed by atoms with E-state index in [9.17, 15) is 0 Å². The number of nitrogens with one attached hydrogen (secondary N) is 1. The summed E-state index contributed by atoms with van der Waals surface area (Å²) in [5.74, 6) is 0. The smallest absolute Gasteiger partial charge is 0.0527 e. The minimum atomic E-state index is 0. The molecule has 0 bridgehead atoms. The third kappa shape index (κ3) is 4.48. The van der Waals surface area contributed by atoms with Gasteiger partial charge in [-0.15, -0.1) is 12.4 Å². The summed E-state index contributed by atoms with van der Waals surface area (Å²) in [5, 5.41) is 7.89. The number of halogens is 1. The Balaban J connectivity index is 0.00000180.